The molecule has 7 nitrogen and oxygen atoms in total. The summed E-state index contributed by atoms with van der Waals surface area (Å²) >= 11 is 0. The van der Waals surface area contributed by atoms with Gasteiger partial charge in [0.05, 0.1) is 14.2 Å². The molecule has 0 atom stereocenters. The van der Waals surface area contributed by atoms with Crippen molar-refractivity contribution in [2.75, 3.05) is 61.7 Å². The third-order valence-electron chi connectivity index (χ3n) is 7.58. The largest absolute Gasteiger partial charge is 0.493 e. The smallest absolute Gasteiger partial charge is 0.191 e. The van der Waals surface area contributed by atoms with E-state index in [-0.39, 0.29) is 34.9 Å². The molecule has 1 saturated heterocycles. The first-order valence-corrected chi connectivity index (χ1v) is 11.9. The van der Waals surface area contributed by atoms with E-state index in [9.17, 15) is 0 Å². The molecule has 1 aromatic carbocycles. The zero-order valence-electron chi connectivity index (χ0n) is 21.0. The van der Waals surface area contributed by atoms with Crippen LogP contribution in [-0.4, -0.2) is 78.1 Å². The van der Waals surface area contributed by atoms with Gasteiger partial charge in [-0.1, -0.05) is 25.3 Å². The van der Waals surface area contributed by atoms with Crippen LogP contribution in [-0.2, 0) is 10.2 Å². The van der Waals surface area contributed by atoms with Gasteiger partial charge in [0.15, 0.2) is 17.5 Å². The minimum absolute atomic E-state index is 0. The van der Waals surface area contributed by atoms with Gasteiger partial charge < -0.3 is 29.7 Å². The predicted octanol–water partition coefficient (Wildman–Crippen LogP) is 3.80. The zero-order chi connectivity index (χ0) is 23.0. The first-order valence-electron chi connectivity index (χ1n) is 11.9. The van der Waals surface area contributed by atoms with E-state index in [1.807, 2.05) is 13.1 Å². The molecule has 0 radical (unpaired) electrons. The van der Waals surface area contributed by atoms with Gasteiger partial charge in [0.25, 0.3) is 0 Å². The molecule has 1 heterocycles. The number of hydrogen-bond donors (Lipinski definition) is 2. The highest BCUT2D eigenvalue weighted by atomic mass is 127. The maximum atomic E-state index is 5.61. The Bertz CT molecular complexity index is 760. The van der Waals surface area contributed by atoms with Gasteiger partial charge in [-0.05, 0) is 57.5 Å². The van der Waals surface area contributed by atoms with Gasteiger partial charge in [-0.15, -0.1) is 24.0 Å². The van der Waals surface area contributed by atoms with E-state index in [0.29, 0.717) is 0 Å². The lowest BCUT2D eigenvalue weighted by molar-refractivity contribution is -0.00502. The Morgan fingerprint density at radius 3 is 2.18 bits per heavy atom. The fourth-order valence-electron chi connectivity index (χ4n) is 5.22. The number of methoxy groups -OCH3 is 2. The summed E-state index contributed by atoms with van der Waals surface area (Å²) < 4.78 is 16.7. The van der Waals surface area contributed by atoms with E-state index in [2.05, 4.69) is 46.8 Å². The van der Waals surface area contributed by atoms with Crippen molar-refractivity contribution in [3.05, 3.63) is 23.8 Å². The van der Waals surface area contributed by atoms with E-state index >= 15 is 0 Å². The molecule has 0 unspecified atom stereocenters. The lowest BCUT2D eigenvalue weighted by Crippen LogP contribution is -2.57. The minimum Gasteiger partial charge on any atom is -0.493 e. The van der Waals surface area contributed by atoms with Crippen LogP contribution in [0, 0.1) is 0 Å². The first-order chi connectivity index (χ1) is 15.5. The number of rotatable bonds is 8. The number of benzene rings is 1. The number of likely N-dealkylation sites (N-methyl/N-ethyl adjacent to an activating group) is 1. The number of nitrogens with one attached hydrogen (secondary N) is 2. The molecule has 8 heteroatoms. The number of halogens is 1. The number of hydrogen-bond acceptors (Lipinski definition) is 5. The van der Waals surface area contributed by atoms with Crippen LogP contribution in [0.4, 0.5) is 0 Å². The molecule has 3 rings (SSSR count). The van der Waals surface area contributed by atoms with Gasteiger partial charge >= 0.3 is 0 Å². The Balaban J connectivity index is 0.00000385. The summed E-state index contributed by atoms with van der Waals surface area (Å²) in [5.41, 5.74) is 1.47. The maximum absolute atomic E-state index is 5.61. The molecule has 2 fully saturated rings. The molecule has 0 bridgehead atoms. The fraction of sp³-hybridized carbons (Fsp3) is 0.720. The molecule has 2 N–H and O–H groups in total. The number of guanidine groups is 1. The standard InChI is InChI=1S/C25H42N4O3.HI/c1-26-23(28-19-25(29(2)3)13-15-32-16-14-25)27-18-24(11-7-6-8-12-24)20-9-10-21(30-4)22(17-20)31-5;/h9-10,17H,6-8,11-16,18-19H2,1-5H3,(H2,26,27,28);1H. The van der Waals surface area contributed by atoms with Crippen molar-refractivity contribution in [1.29, 1.82) is 0 Å². The van der Waals surface area contributed by atoms with Crippen LogP contribution < -0.4 is 20.1 Å². The molecule has 0 aromatic heterocycles. The van der Waals surface area contributed by atoms with Crippen molar-refractivity contribution in [3.63, 3.8) is 0 Å². The molecular weight excluding hydrogens is 531 g/mol. The summed E-state index contributed by atoms with van der Waals surface area (Å²) in [5.74, 6) is 2.44. The van der Waals surface area contributed by atoms with Crippen molar-refractivity contribution < 1.29 is 14.2 Å². The highest BCUT2D eigenvalue weighted by Gasteiger charge is 2.36. The van der Waals surface area contributed by atoms with Crippen LogP contribution in [0.5, 0.6) is 11.5 Å². The predicted molar refractivity (Wildman–Crippen MR) is 146 cm³/mol. The Morgan fingerprint density at radius 2 is 1.61 bits per heavy atom. The Kier molecular flexibility index (Phi) is 11.0. The van der Waals surface area contributed by atoms with E-state index in [1.165, 1.54) is 24.8 Å². The van der Waals surface area contributed by atoms with Crippen molar-refractivity contribution in [3.8, 4) is 11.5 Å². The monoisotopic (exact) mass is 574 g/mol. The highest BCUT2D eigenvalue weighted by molar-refractivity contribution is 14.0. The quantitative estimate of drug-likeness (QED) is 0.280. The summed E-state index contributed by atoms with van der Waals surface area (Å²) in [6.45, 7) is 3.33. The van der Waals surface area contributed by atoms with Crippen LogP contribution >= 0.6 is 24.0 Å². The lowest BCUT2D eigenvalue weighted by Gasteiger charge is -2.43. The SMILES string of the molecule is CN=C(NCC1(c2ccc(OC)c(OC)c2)CCCCC1)NCC1(N(C)C)CCOCC1.I. The van der Waals surface area contributed by atoms with Crippen LogP contribution in [0.1, 0.15) is 50.5 Å². The Hall–Kier alpha value is -1.26. The fourth-order valence-corrected chi connectivity index (χ4v) is 5.22. The summed E-state index contributed by atoms with van der Waals surface area (Å²) in [6.07, 6.45) is 8.16. The van der Waals surface area contributed by atoms with E-state index in [1.54, 1.807) is 14.2 Å². The van der Waals surface area contributed by atoms with E-state index in [0.717, 1.165) is 69.4 Å². The van der Waals surface area contributed by atoms with Crippen molar-refractivity contribution >= 4 is 29.9 Å². The molecule has 1 aliphatic heterocycles. The lowest BCUT2D eigenvalue weighted by atomic mass is 9.69. The number of aliphatic imine (C=N–C) groups is 1. The number of nitrogens with zero attached hydrogens (tertiary/aromatic N) is 2. The Labute approximate surface area is 217 Å². The second-order valence-corrected chi connectivity index (χ2v) is 9.42. The number of ether oxygens (including phenoxy) is 3. The van der Waals surface area contributed by atoms with E-state index < -0.39 is 0 Å². The van der Waals surface area contributed by atoms with Crippen molar-refractivity contribution in [1.82, 2.24) is 15.5 Å². The van der Waals surface area contributed by atoms with Crippen LogP contribution in [0.15, 0.2) is 23.2 Å². The molecule has 0 amide bonds. The molecule has 1 aromatic rings. The van der Waals surface area contributed by atoms with Crippen LogP contribution in [0.3, 0.4) is 0 Å². The molecule has 1 saturated carbocycles. The normalized spacial score (nSPS) is 20.0. The minimum atomic E-state index is 0. The molecule has 188 valence electrons. The molecular formula is C25H43IN4O3. The molecule has 2 aliphatic rings. The summed E-state index contributed by atoms with van der Waals surface area (Å²) in [4.78, 5) is 6.87. The molecule has 1 aliphatic carbocycles. The second kappa shape index (κ2) is 13.0. The van der Waals surface area contributed by atoms with Gasteiger partial charge in [-0.25, -0.2) is 0 Å². The summed E-state index contributed by atoms with van der Waals surface area (Å²) in [6, 6.07) is 6.39. The summed E-state index contributed by atoms with van der Waals surface area (Å²) in [7, 11) is 9.57. The van der Waals surface area contributed by atoms with Crippen LogP contribution in [0.2, 0.25) is 0 Å². The highest BCUT2D eigenvalue weighted by Crippen LogP contribution is 2.42. The third kappa shape index (κ3) is 6.66. The third-order valence-corrected chi connectivity index (χ3v) is 7.58. The van der Waals surface area contributed by atoms with Crippen LogP contribution in [0.25, 0.3) is 0 Å². The zero-order valence-corrected chi connectivity index (χ0v) is 23.4. The van der Waals surface area contributed by atoms with Gasteiger partial charge in [-0.3, -0.25) is 4.99 Å². The van der Waals surface area contributed by atoms with Crippen molar-refractivity contribution in [2.45, 2.75) is 55.9 Å². The average Bonchev–Trinajstić information content (AvgIpc) is 2.84. The topological polar surface area (TPSA) is 67.4 Å². The summed E-state index contributed by atoms with van der Waals surface area (Å²) in [5, 5.41) is 7.26. The van der Waals surface area contributed by atoms with E-state index in [4.69, 9.17) is 14.2 Å². The second-order valence-electron chi connectivity index (χ2n) is 9.42. The maximum Gasteiger partial charge on any atom is 0.191 e. The Morgan fingerprint density at radius 1 is 0.970 bits per heavy atom. The molecule has 0 spiro atoms. The van der Waals surface area contributed by atoms with Crippen molar-refractivity contribution in [2.24, 2.45) is 4.99 Å². The molecule has 33 heavy (non-hydrogen) atoms. The van der Waals surface area contributed by atoms with Gasteiger partial charge in [0, 0.05) is 44.3 Å². The first kappa shape index (κ1) is 28.0. The van der Waals surface area contributed by atoms with Gasteiger partial charge in [0.1, 0.15) is 0 Å². The van der Waals surface area contributed by atoms with Gasteiger partial charge in [0.2, 0.25) is 0 Å². The average molecular weight is 575 g/mol. The van der Waals surface area contributed by atoms with Gasteiger partial charge in [-0.2, -0.15) is 0 Å².